The molecule has 1 aromatic carbocycles. The molecule has 0 aliphatic rings. The Labute approximate surface area is 132 Å². The van der Waals surface area contributed by atoms with E-state index >= 15 is 0 Å². The molecule has 1 unspecified atom stereocenters. The van der Waals surface area contributed by atoms with Gasteiger partial charge in [0.05, 0.1) is 22.1 Å². The summed E-state index contributed by atoms with van der Waals surface area (Å²) in [5.41, 5.74) is 0.297. The molecule has 0 amide bonds. The van der Waals surface area contributed by atoms with Gasteiger partial charge in [-0.3, -0.25) is 9.59 Å². The van der Waals surface area contributed by atoms with Gasteiger partial charge in [0, 0.05) is 0 Å². The van der Waals surface area contributed by atoms with Gasteiger partial charge < -0.3 is 10.1 Å². The summed E-state index contributed by atoms with van der Waals surface area (Å²) < 4.78 is 26.9. The fourth-order valence-corrected chi connectivity index (χ4v) is 3.33. The van der Waals surface area contributed by atoms with Gasteiger partial charge in [-0.1, -0.05) is 13.8 Å². The molecule has 0 aliphatic carbocycles. The second kappa shape index (κ2) is 6.47. The number of hydrogen-bond acceptors (Lipinski definition) is 5. The Morgan fingerprint density at radius 1 is 1.39 bits per heavy atom. The number of hydrogen-bond donors (Lipinski definition) is 3. The molecule has 3 N–H and O–H groups in total. The zero-order chi connectivity index (χ0) is 17.2. The van der Waals surface area contributed by atoms with E-state index in [4.69, 9.17) is 5.11 Å². The van der Waals surface area contributed by atoms with Crippen LogP contribution in [-0.2, 0) is 14.8 Å². The Bertz CT molecular complexity index is 889. The molecule has 2 rings (SSSR count). The second-order valence-corrected chi connectivity index (χ2v) is 7.28. The molecule has 0 saturated heterocycles. The van der Waals surface area contributed by atoms with E-state index in [2.05, 4.69) is 14.7 Å². The highest BCUT2D eigenvalue weighted by Crippen LogP contribution is 2.16. The van der Waals surface area contributed by atoms with Crippen molar-refractivity contribution in [2.75, 3.05) is 0 Å². The smallest absolute Gasteiger partial charge is 0.321 e. The third-order valence-electron chi connectivity index (χ3n) is 3.16. The number of aromatic amines is 1. The fourth-order valence-electron chi connectivity index (χ4n) is 2.11. The molecule has 1 heterocycles. The average Bonchev–Trinajstić information content (AvgIpc) is 2.45. The lowest BCUT2D eigenvalue weighted by Crippen LogP contribution is -2.41. The number of aromatic nitrogens is 2. The van der Waals surface area contributed by atoms with Crippen molar-refractivity contribution in [2.24, 2.45) is 5.92 Å². The number of fused-ring (bicyclic) bond motifs is 1. The van der Waals surface area contributed by atoms with Gasteiger partial charge in [0.15, 0.2) is 0 Å². The second-order valence-electron chi connectivity index (χ2n) is 5.57. The zero-order valence-electron chi connectivity index (χ0n) is 12.6. The van der Waals surface area contributed by atoms with Crippen LogP contribution >= 0.6 is 0 Å². The van der Waals surface area contributed by atoms with Gasteiger partial charge in [-0.15, -0.1) is 0 Å². The summed E-state index contributed by atoms with van der Waals surface area (Å²) in [7, 11) is -4.01. The molecule has 0 fully saturated rings. The van der Waals surface area contributed by atoms with Crippen molar-refractivity contribution in [1.82, 2.24) is 14.7 Å². The minimum absolute atomic E-state index is 0.0159. The van der Waals surface area contributed by atoms with Crippen molar-refractivity contribution >= 4 is 27.0 Å². The maximum atomic E-state index is 12.4. The summed E-state index contributed by atoms with van der Waals surface area (Å²) >= 11 is 0. The monoisotopic (exact) mass is 339 g/mol. The van der Waals surface area contributed by atoms with Gasteiger partial charge in [0.1, 0.15) is 6.04 Å². The standard InChI is InChI=1S/C14H17N3O5S/c1-8(2)5-12(14(19)20)17-23(21,22)9-3-4-10-11(6-9)15-7-13(18)16-10/h3-4,6-8,12,17H,5H2,1-2H3,(H,16,18)(H,19,20). The summed E-state index contributed by atoms with van der Waals surface area (Å²) in [6.45, 7) is 3.61. The average molecular weight is 339 g/mol. The summed E-state index contributed by atoms with van der Waals surface area (Å²) in [4.78, 5) is 28.7. The molecule has 0 saturated carbocycles. The first-order valence-electron chi connectivity index (χ1n) is 6.93. The van der Waals surface area contributed by atoms with Crippen LogP contribution in [0, 0.1) is 5.92 Å². The molecule has 0 aliphatic heterocycles. The van der Waals surface area contributed by atoms with Gasteiger partial charge in [-0.2, -0.15) is 4.72 Å². The highest BCUT2D eigenvalue weighted by molar-refractivity contribution is 7.89. The number of carboxylic acid groups (broad SMARTS) is 1. The Kier molecular flexibility index (Phi) is 4.81. The van der Waals surface area contributed by atoms with E-state index in [9.17, 15) is 18.0 Å². The van der Waals surface area contributed by atoms with E-state index in [1.807, 2.05) is 0 Å². The summed E-state index contributed by atoms with van der Waals surface area (Å²) in [6.07, 6.45) is 1.22. The van der Waals surface area contributed by atoms with Crippen LogP contribution in [0.1, 0.15) is 20.3 Å². The van der Waals surface area contributed by atoms with Crippen LogP contribution in [0.15, 0.2) is 34.1 Å². The van der Waals surface area contributed by atoms with Gasteiger partial charge in [0.2, 0.25) is 10.0 Å². The predicted molar refractivity (Wildman–Crippen MR) is 83.6 cm³/mol. The van der Waals surface area contributed by atoms with E-state index in [0.29, 0.717) is 11.0 Å². The van der Waals surface area contributed by atoms with E-state index in [0.717, 1.165) is 6.20 Å². The predicted octanol–water partition coefficient (Wildman–Crippen LogP) is 0.701. The van der Waals surface area contributed by atoms with Crippen molar-refractivity contribution in [1.29, 1.82) is 0 Å². The highest BCUT2D eigenvalue weighted by atomic mass is 32.2. The lowest BCUT2D eigenvalue weighted by molar-refractivity contribution is -0.139. The highest BCUT2D eigenvalue weighted by Gasteiger charge is 2.26. The van der Waals surface area contributed by atoms with E-state index in [1.165, 1.54) is 18.2 Å². The normalized spacial score (nSPS) is 13.3. The molecular weight excluding hydrogens is 322 g/mol. The zero-order valence-corrected chi connectivity index (χ0v) is 13.4. The molecule has 8 nitrogen and oxygen atoms in total. The topological polar surface area (TPSA) is 129 Å². The maximum absolute atomic E-state index is 12.4. The van der Waals surface area contributed by atoms with Crippen LogP contribution in [0.25, 0.3) is 11.0 Å². The van der Waals surface area contributed by atoms with Crippen molar-refractivity contribution in [2.45, 2.75) is 31.2 Å². The van der Waals surface area contributed by atoms with E-state index in [1.54, 1.807) is 13.8 Å². The minimum atomic E-state index is -4.01. The van der Waals surface area contributed by atoms with Crippen LogP contribution in [0.5, 0.6) is 0 Å². The third kappa shape index (κ3) is 4.14. The number of sulfonamides is 1. The third-order valence-corrected chi connectivity index (χ3v) is 4.63. The quantitative estimate of drug-likeness (QED) is 0.710. The maximum Gasteiger partial charge on any atom is 0.321 e. The van der Waals surface area contributed by atoms with E-state index < -0.39 is 27.6 Å². The molecular formula is C14H17N3O5S. The summed E-state index contributed by atoms with van der Waals surface area (Å²) in [6, 6.07) is 2.77. The molecule has 2 aromatic rings. The number of carbonyl (C=O) groups is 1. The van der Waals surface area contributed by atoms with Crippen LogP contribution in [-0.4, -0.2) is 35.5 Å². The van der Waals surface area contributed by atoms with Crippen molar-refractivity contribution in [3.05, 3.63) is 34.7 Å². The van der Waals surface area contributed by atoms with Crippen LogP contribution in [0.3, 0.4) is 0 Å². The number of H-pyrrole nitrogens is 1. The van der Waals surface area contributed by atoms with Crippen molar-refractivity contribution in [3.8, 4) is 0 Å². The Morgan fingerprint density at radius 2 is 2.09 bits per heavy atom. The van der Waals surface area contributed by atoms with Crippen molar-refractivity contribution < 1.29 is 18.3 Å². The van der Waals surface area contributed by atoms with Crippen LogP contribution in [0.2, 0.25) is 0 Å². The lowest BCUT2D eigenvalue weighted by atomic mass is 10.1. The molecule has 0 bridgehead atoms. The van der Waals surface area contributed by atoms with Gasteiger partial charge in [-0.25, -0.2) is 13.4 Å². The van der Waals surface area contributed by atoms with E-state index in [-0.39, 0.29) is 17.2 Å². The first-order valence-corrected chi connectivity index (χ1v) is 8.41. The molecule has 1 aromatic heterocycles. The molecule has 124 valence electrons. The molecule has 23 heavy (non-hydrogen) atoms. The largest absolute Gasteiger partial charge is 0.480 e. The summed E-state index contributed by atoms with van der Waals surface area (Å²) in [5.74, 6) is -1.22. The SMILES string of the molecule is CC(C)CC(NS(=O)(=O)c1ccc2[nH]c(=O)cnc2c1)C(=O)O. The summed E-state index contributed by atoms with van der Waals surface area (Å²) in [5, 5.41) is 9.16. The van der Waals surface area contributed by atoms with Crippen molar-refractivity contribution in [3.63, 3.8) is 0 Å². The van der Waals surface area contributed by atoms with Crippen LogP contribution < -0.4 is 10.3 Å². The molecule has 9 heteroatoms. The lowest BCUT2D eigenvalue weighted by Gasteiger charge is -2.16. The molecule has 0 radical (unpaired) electrons. The minimum Gasteiger partial charge on any atom is -0.480 e. The van der Waals surface area contributed by atoms with Gasteiger partial charge in [0.25, 0.3) is 5.56 Å². The number of benzene rings is 1. The van der Waals surface area contributed by atoms with Gasteiger partial charge in [-0.05, 0) is 30.5 Å². The molecule has 0 spiro atoms. The number of nitrogens with zero attached hydrogens (tertiary/aromatic N) is 1. The number of carboxylic acids is 1. The fraction of sp³-hybridized carbons (Fsp3) is 0.357. The number of aliphatic carboxylic acids is 1. The van der Waals surface area contributed by atoms with Gasteiger partial charge >= 0.3 is 5.97 Å². The molecule has 1 atom stereocenters. The Balaban J connectivity index is 2.36. The Morgan fingerprint density at radius 3 is 2.70 bits per heavy atom. The number of nitrogens with one attached hydrogen (secondary N) is 2. The Hall–Kier alpha value is -2.26. The van der Waals surface area contributed by atoms with Crippen LogP contribution in [0.4, 0.5) is 0 Å². The first kappa shape index (κ1) is 17.1. The first-order chi connectivity index (χ1) is 10.7. The number of rotatable bonds is 6.